The molecule has 0 saturated carbocycles. The second kappa shape index (κ2) is 6.67. The maximum absolute atomic E-state index is 10.9. The van der Waals surface area contributed by atoms with Crippen molar-refractivity contribution in [2.75, 3.05) is 13.1 Å². The maximum Gasteiger partial charge on any atom is 0.317 e. The number of hydrogen-bond acceptors (Lipinski definition) is 5. The number of thiophene rings is 1. The summed E-state index contributed by atoms with van der Waals surface area (Å²) >= 11 is 1.59. The fourth-order valence-corrected chi connectivity index (χ4v) is 2.72. The Bertz CT molecular complexity index is 549. The molecule has 6 heteroatoms. The van der Waals surface area contributed by atoms with Crippen LogP contribution in [-0.4, -0.2) is 34.2 Å². The highest BCUT2D eigenvalue weighted by Gasteiger charge is 2.15. The predicted octanol–water partition coefficient (Wildman–Crippen LogP) is 2.95. The molecule has 0 aromatic carbocycles. The smallest absolute Gasteiger partial charge is 0.317 e. The molecule has 0 amide bonds. The lowest BCUT2D eigenvalue weighted by Gasteiger charge is -2.20. The highest BCUT2D eigenvalue weighted by molar-refractivity contribution is 7.13. The minimum absolute atomic E-state index is 0.0133. The number of carbonyl (C=O) groups is 1. The Morgan fingerprint density at radius 3 is 2.95 bits per heavy atom. The summed E-state index contributed by atoms with van der Waals surface area (Å²) in [5, 5.41) is 14.9. The maximum atomic E-state index is 10.9. The van der Waals surface area contributed by atoms with Crippen molar-refractivity contribution in [2.24, 2.45) is 5.92 Å². The van der Waals surface area contributed by atoms with E-state index in [2.05, 4.69) is 19.0 Å². The third kappa shape index (κ3) is 4.18. The molecule has 20 heavy (non-hydrogen) atoms. The van der Waals surface area contributed by atoms with Crippen LogP contribution >= 0.6 is 11.3 Å². The second-order valence-corrected chi connectivity index (χ2v) is 6.06. The summed E-state index contributed by atoms with van der Waals surface area (Å²) in [4.78, 5) is 13.8. The van der Waals surface area contributed by atoms with E-state index < -0.39 is 5.97 Å². The Morgan fingerprint density at radius 2 is 2.35 bits per heavy atom. The van der Waals surface area contributed by atoms with Crippen LogP contribution in [0, 0.1) is 5.92 Å². The molecule has 2 aromatic rings. The van der Waals surface area contributed by atoms with Gasteiger partial charge in [-0.1, -0.05) is 25.1 Å². The number of carboxylic acid groups (broad SMARTS) is 1. The molecule has 0 atom stereocenters. The molecular weight excluding hydrogens is 276 g/mol. The minimum Gasteiger partial charge on any atom is -0.480 e. The van der Waals surface area contributed by atoms with E-state index in [1.54, 1.807) is 11.3 Å². The first-order valence-corrected chi connectivity index (χ1v) is 7.36. The van der Waals surface area contributed by atoms with Crippen LogP contribution in [0.3, 0.4) is 0 Å². The summed E-state index contributed by atoms with van der Waals surface area (Å²) in [6, 6.07) is 5.80. The molecule has 2 heterocycles. The molecule has 0 spiro atoms. The summed E-state index contributed by atoms with van der Waals surface area (Å²) < 4.78 is 5.31. The number of aromatic nitrogens is 1. The Morgan fingerprint density at radius 1 is 1.55 bits per heavy atom. The van der Waals surface area contributed by atoms with Gasteiger partial charge in [0.15, 0.2) is 5.76 Å². The molecule has 108 valence electrons. The first-order chi connectivity index (χ1) is 9.54. The molecule has 0 radical (unpaired) electrons. The third-order valence-electron chi connectivity index (χ3n) is 2.69. The monoisotopic (exact) mass is 294 g/mol. The highest BCUT2D eigenvalue weighted by Crippen LogP contribution is 2.25. The first-order valence-electron chi connectivity index (χ1n) is 6.48. The van der Waals surface area contributed by atoms with Gasteiger partial charge < -0.3 is 9.63 Å². The van der Waals surface area contributed by atoms with E-state index >= 15 is 0 Å². The van der Waals surface area contributed by atoms with Crippen LogP contribution in [-0.2, 0) is 11.3 Å². The summed E-state index contributed by atoms with van der Waals surface area (Å²) in [6.07, 6.45) is 0. The van der Waals surface area contributed by atoms with E-state index in [1.807, 2.05) is 28.5 Å². The Balaban J connectivity index is 2.04. The minimum atomic E-state index is -0.826. The van der Waals surface area contributed by atoms with Crippen molar-refractivity contribution in [1.29, 1.82) is 0 Å². The second-order valence-electron chi connectivity index (χ2n) is 5.12. The van der Waals surface area contributed by atoms with Gasteiger partial charge in [-0.15, -0.1) is 11.3 Å². The molecule has 2 aromatic heterocycles. The topological polar surface area (TPSA) is 66.6 Å². The van der Waals surface area contributed by atoms with E-state index in [1.165, 1.54) is 0 Å². The van der Waals surface area contributed by atoms with Gasteiger partial charge in [0.2, 0.25) is 0 Å². The summed E-state index contributed by atoms with van der Waals surface area (Å²) in [5.41, 5.74) is 0.760. The van der Waals surface area contributed by atoms with Gasteiger partial charge in [-0.05, 0) is 17.4 Å². The molecule has 0 saturated heterocycles. The fourth-order valence-electron chi connectivity index (χ4n) is 2.04. The molecule has 5 nitrogen and oxygen atoms in total. The van der Waals surface area contributed by atoms with Gasteiger partial charge in [0, 0.05) is 19.2 Å². The first kappa shape index (κ1) is 14.7. The van der Waals surface area contributed by atoms with Crippen LogP contribution in [0.25, 0.3) is 10.6 Å². The Kier molecular flexibility index (Phi) is 4.92. The number of aliphatic carboxylic acids is 1. The molecule has 0 aliphatic carbocycles. The SMILES string of the molecule is CC(C)CN(CC(=O)O)Cc1cc(-c2cccs2)on1. The number of rotatable bonds is 7. The van der Waals surface area contributed by atoms with Crippen molar-refractivity contribution < 1.29 is 14.4 Å². The zero-order chi connectivity index (χ0) is 14.5. The van der Waals surface area contributed by atoms with Gasteiger partial charge in [0.05, 0.1) is 17.1 Å². The van der Waals surface area contributed by atoms with Gasteiger partial charge >= 0.3 is 5.97 Å². The quantitative estimate of drug-likeness (QED) is 0.850. The lowest BCUT2D eigenvalue weighted by Crippen LogP contribution is -2.32. The van der Waals surface area contributed by atoms with E-state index in [4.69, 9.17) is 9.63 Å². The lowest BCUT2D eigenvalue weighted by atomic mass is 10.2. The highest BCUT2D eigenvalue weighted by atomic mass is 32.1. The summed E-state index contributed by atoms with van der Waals surface area (Å²) in [7, 11) is 0. The summed E-state index contributed by atoms with van der Waals surface area (Å²) in [6.45, 7) is 5.34. The average Bonchev–Trinajstić information content (AvgIpc) is 2.95. The standard InChI is InChI=1S/C14H18N2O3S/c1-10(2)7-16(9-14(17)18)8-11-6-12(19-15-11)13-4-3-5-20-13/h3-6,10H,7-9H2,1-2H3,(H,17,18). The van der Waals surface area contributed by atoms with E-state index in [0.717, 1.165) is 16.3 Å². The molecule has 0 bridgehead atoms. The van der Waals surface area contributed by atoms with Gasteiger partial charge in [-0.3, -0.25) is 9.69 Å². The van der Waals surface area contributed by atoms with Gasteiger partial charge in [-0.25, -0.2) is 0 Å². The van der Waals surface area contributed by atoms with Crippen LogP contribution in [0.5, 0.6) is 0 Å². The van der Waals surface area contributed by atoms with Crippen molar-refractivity contribution in [3.05, 3.63) is 29.3 Å². The summed E-state index contributed by atoms with van der Waals surface area (Å²) in [5.74, 6) is 0.306. The molecule has 1 N–H and O–H groups in total. The number of carboxylic acids is 1. The van der Waals surface area contributed by atoms with Crippen molar-refractivity contribution in [3.8, 4) is 10.6 Å². The largest absolute Gasteiger partial charge is 0.480 e. The number of nitrogens with zero attached hydrogens (tertiary/aromatic N) is 2. The molecule has 2 rings (SSSR count). The normalized spacial score (nSPS) is 11.4. The van der Waals surface area contributed by atoms with Crippen molar-refractivity contribution >= 4 is 17.3 Å². The third-order valence-corrected chi connectivity index (χ3v) is 3.58. The van der Waals surface area contributed by atoms with Crippen molar-refractivity contribution in [1.82, 2.24) is 10.1 Å². The van der Waals surface area contributed by atoms with Gasteiger partial charge in [0.25, 0.3) is 0 Å². The zero-order valence-corrected chi connectivity index (χ0v) is 12.4. The van der Waals surface area contributed by atoms with Gasteiger partial charge in [-0.2, -0.15) is 0 Å². The molecule has 0 unspecified atom stereocenters. The van der Waals surface area contributed by atoms with Crippen LogP contribution in [0.1, 0.15) is 19.5 Å². The fraction of sp³-hybridized carbons (Fsp3) is 0.429. The molecular formula is C14H18N2O3S. The van der Waals surface area contributed by atoms with Crippen LogP contribution < -0.4 is 0 Å². The van der Waals surface area contributed by atoms with E-state index in [-0.39, 0.29) is 6.54 Å². The predicted molar refractivity (Wildman–Crippen MR) is 77.6 cm³/mol. The average molecular weight is 294 g/mol. The molecule has 0 aliphatic rings. The van der Waals surface area contributed by atoms with E-state index in [0.29, 0.717) is 19.0 Å². The van der Waals surface area contributed by atoms with Crippen molar-refractivity contribution in [2.45, 2.75) is 20.4 Å². The Hall–Kier alpha value is -1.66. The van der Waals surface area contributed by atoms with E-state index in [9.17, 15) is 4.79 Å². The number of hydrogen-bond donors (Lipinski definition) is 1. The lowest BCUT2D eigenvalue weighted by molar-refractivity contribution is -0.138. The molecule has 0 fully saturated rings. The van der Waals surface area contributed by atoms with Crippen LogP contribution in [0.2, 0.25) is 0 Å². The van der Waals surface area contributed by atoms with Gasteiger partial charge in [0.1, 0.15) is 0 Å². The molecule has 0 aliphatic heterocycles. The zero-order valence-electron chi connectivity index (χ0n) is 11.6. The Labute approximate surface area is 121 Å². The van der Waals surface area contributed by atoms with Crippen LogP contribution in [0.15, 0.2) is 28.1 Å². The van der Waals surface area contributed by atoms with Crippen molar-refractivity contribution in [3.63, 3.8) is 0 Å². The van der Waals surface area contributed by atoms with Crippen LogP contribution in [0.4, 0.5) is 0 Å².